The van der Waals surface area contributed by atoms with E-state index >= 15 is 0 Å². The van der Waals surface area contributed by atoms with E-state index < -0.39 is 11.0 Å². The quantitative estimate of drug-likeness (QED) is 0.534. The van der Waals surface area contributed by atoms with Crippen LogP contribution in [0.5, 0.6) is 0 Å². The third-order valence-electron chi connectivity index (χ3n) is 9.76. The van der Waals surface area contributed by atoms with Crippen LogP contribution in [0.1, 0.15) is 63.9 Å². The van der Waals surface area contributed by atoms with Crippen LogP contribution in [0.25, 0.3) is 16.3 Å². The zero-order chi connectivity index (χ0) is 23.7. The van der Waals surface area contributed by atoms with Gasteiger partial charge in [-0.15, -0.1) is 0 Å². The highest BCUT2D eigenvalue weighted by Crippen LogP contribution is 2.66. The Morgan fingerprint density at radius 1 is 1.15 bits per heavy atom. The van der Waals surface area contributed by atoms with Crippen LogP contribution in [0.2, 0.25) is 0 Å². The van der Waals surface area contributed by atoms with E-state index in [0.29, 0.717) is 30.6 Å². The highest BCUT2D eigenvalue weighted by atomic mass is 16.3. The van der Waals surface area contributed by atoms with Crippen molar-refractivity contribution in [3.8, 4) is 6.07 Å². The molecule has 2 aromatic rings. The van der Waals surface area contributed by atoms with E-state index in [1.807, 2.05) is 18.2 Å². The molecule has 4 aliphatic rings. The number of nitriles is 1. The summed E-state index contributed by atoms with van der Waals surface area (Å²) >= 11 is 0. The molecule has 2 fully saturated rings. The van der Waals surface area contributed by atoms with Crippen molar-refractivity contribution in [3.05, 3.63) is 64.1 Å². The van der Waals surface area contributed by atoms with Gasteiger partial charge in [-0.05, 0) is 97.4 Å². The minimum Gasteiger partial charge on any atom is -0.393 e. The molecule has 5 unspecified atom stereocenters. The van der Waals surface area contributed by atoms with Gasteiger partial charge in [0.2, 0.25) is 0 Å². The van der Waals surface area contributed by atoms with E-state index in [9.17, 15) is 20.3 Å². The van der Waals surface area contributed by atoms with Crippen molar-refractivity contribution in [1.82, 2.24) is 4.98 Å². The third kappa shape index (κ3) is 2.88. The second-order valence-corrected chi connectivity index (χ2v) is 11.3. The lowest BCUT2D eigenvalue weighted by atomic mass is 9.49. The molecule has 34 heavy (non-hydrogen) atoms. The van der Waals surface area contributed by atoms with Crippen molar-refractivity contribution in [1.29, 1.82) is 5.26 Å². The maximum atomic E-state index is 12.4. The van der Waals surface area contributed by atoms with E-state index in [4.69, 9.17) is 0 Å². The van der Waals surface area contributed by atoms with Gasteiger partial charge in [-0.3, -0.25) is 4.79 Å². The SMILES string of the molecule is CC12CCC3(C#N)C=C4CC(O)CCC4CC[C@]3(O)C1CC=C2c1ccc2c(=O)[nH]ccc2c1. The van der Waals surface area contributed by atoms with Gasteiger partial charge < -0.3 is 15.2 Å². The predicted molar refractivity (Wildman–Crippen MR) is 132 cm³/mol. The molecule has 0 bridgehead atoms. The third-order valence-corrected chi connectivity index (χ3v) is 9.76. The number of hydrogen-bond donors (Lipinski definition) is 3. The first-order chi connectivity index (χ1) is 16.3. The summed E-state index contributed by atoms with van der Waals surface area (Å²) in [5, 5.41) is 34.8. The molecule has 1 heterocycles. The van der Waals surface area contributed by atoms with Crippen LogP contribution < -0.4 is 5.56 Å². The Kier molecular flexibility index (Phi) is 4.76. The van der Waals surface area contributed by atoms with Crippen molar-refractivity contribution >= 4 is 16.3 Å². The fraction of sp³-hybridized carbons (Fsp3) is 0.517. The van der Waals surface area contributed by atoms with Crippen LogP contribution >= 0.6 is 0 Å². The minimum absolute atomic E-state index is 0.0415. The molecule has 6 atom stereocenters. The van der Waals surface area contributed by atoms with E-state index in [1.165, 1.54) is 11.1 Å². The van der Waals surface area contributed by atoms with Gasteiger partial charge in [0.25, 0.3) is 5.56 Å². The number of aliphatic hydroxyl groups is 2. The lowest BCUT2D eigenvalue weighted by Crippen LogP contribution is -2.59. The Hall–Kier alpha value is -2.68. The summed E-state index contributed by atoms with van der Waals surface area (Å²) in [4.78, 5) is 14.9. The second kappa shape index (κ2) is 7.41. The van der Waals surface area contributed by atoms with Crippen LogP contribution in [0, 0.1) is 34.0 Å². The fourth-order valence-corrected chi connectivity index (χ4v) is 7.86. The van der Waals surface area contributed by atoms with Crippen molar-refractivity contribution in [3.63, 3.8) is 0 Å². The lowest BCUT2D eigenvalue weighted by molar-refractivity contribution is -0.143. The molecule has 0 radical (unpaired) electrons. The number of allylic oxidation sites excluding steroid dienone is 2. The van der Waals surface area contributed by atoms with Gasteiger partial charge in [0.15, 0.2) is 0 Å². The Labute approximate surface area is 199 Å². The predicted octanol–water partition coefficient (Wildman–Crippen LogP) is 4.85. The fourth-order valence-electron chi connectivity index (χ4n) is 7.86. The number of pyridine rings is 1. The largest absolute Gasteiger partial charge is 0.393 e. The van der Waals surface area contributed by atoms with E-state index in [-0.39, 0.29) is 23.0 Å². The van der Waals surface area contributed by atoms with Gasteiger partial charge in [-0.1, -0.05) is 30.7 Å². The van der Waals surface area contributed by atoms with Crippen LogP contribution in [-0.4, -0.2) is 26.9 Å². The summed E-state index contributed by atoms with van der Waals surface area (Å²) in [7, 11) is 0. The molecular formula is C29H32N2O3. The van der Waals surface area contributed by atoms with Crippen LogP contribution in [0.4, 0.5) is 0 Å². The zero-order valence-corrected chi connectivity index (χ0v) is 19.7. The molecule has 3 N–H and O–H groups in total. The number of nitrogens with zero attached hydrogens (tertiary/aromatic N) is 1. The van der Waals surface area contributed by atoms with Crippen molar-refractivity contribution in [2.45, 2.75) is 70.0 Å². The Morgan fingerprint density at radius 3 is 2.82 bits per heavy atom. The Balaban J connectivity index is 1.41. The van der Waals surface area contributed by atoms with E-state index in [0.717, 1.165) is 43.1 Å². The Bertz CT molecular complexity index is 1330. The molecule has 5 heteroatoms. The van der Waals surface area contributed by atoms with Crippen molar-refractivity contribution in [2.75, 3.05) is 0 Å². The van der Waals surface area contributed by atoms with Gasteiger partial charge >= 0.3 is 0 Å². The molecule has 0 amide bonds. The first kappa shape index (κ1) is 21.8. The normalized spacial score (nSPS) is 39.2. The van der Waals surface area contributed by atoms with Crippen molar-refractivity contribution in [2.24, 2.45) is 22.7 Å². The average molecular weight is 457 g/mol. The highest BCUT2D eigenvalue weighted by molar-refractivity contribution is 5.87. The monoisotopic (exact) mass is 456 g/mol. The first-order valence-electron chi connectivity index (χ1n) is 12.7. The molecule has 6 rings (SSSR count). The number of benzene rings is 1. The van der Waals surface area contributed by atoms with Gasteiger partial charge in [0.1, 0.15) is 5.41 Å². The smallest absolute Gasteiger partial charge is 0.255 e. The molecular weight excluding hydrogens is 424 g/mol. The summed E-state index contributed by atoms with van der Waals surface area (Å²) in [6.07, 6.45) is 11.8. The topological polar surface area (TPSA) is 97.1 Å². The number of aromatic amines is 1. The number of nitrogens with one attached hydrogen (secondary N) is 1. The van der Waals surface area contributed by atoms with E-state index in [1.54, 1.807) is 6.20 Å². The molecule has 0 aliphatic heterocycles. The number of rotatable bonds is 1. The number of aromatic nitrogens is 1. The van der Waals surface area contributed by atoms with Gasteiger partial charge in [-0.2, -0.15) is 5.26 Å². The number of aliphatic hydroxyl groups excluding tert-OH is 1. The van der Waals surface area contributed by atoms with Gasteiger partial charge in [0.05, 0.1) is 17.8 Å². The molecule has 4 aliphatic carbocycles. The summed E-state index contributed by atoms with van der Waals surface area (Å²) < 4.78 is 0. The standard InChI is InChI=1S/C29H32N2O3/c1-27-11-12-28(17-30)16-21-15-22(32)4-2-18(21)8-10-29(28,34)25(27)7-6-24(27)20-3-5-23-19(14-20)9-13-31-26(23)33/h3,5-6,9,13-14,16,18,22,25,32,34H,2,4,7-8,10-12,15H2,1H3,(H,31,33)/t18?,22?,25?,27?,28?,29-/m0/s1. The summed E-state index contributed by atoms with van der Waals surface area (Å²) in [5.74, 6) is 0.321. The average Bonchev–Trinajstić information content (AvgIpc) is 3.12. The van der Waals surface area contributed by atoms with Gasteiger partial charge in [-0.25, -0.2) is 0 Å². The number of hydrogen-bond acceptors (Lipinski definition) is 4. The maximum absolute atomic E-state index is 12.4. The molecule has 0 saturated heterocycles. The molecule has 1 aromatic carbocycles. The highest BCUT2D eigenvalue weighted by Gasteiger charge is 2.65. The zero-order valence-electron chi connectivity index (χ0n) is 19.7. The van der Waals surface area contributed by atoms with E-state index in [2.05, 4.69) is 36.2 Å². The second-order valence-electron chi connectivity index (χ2n) is 11.3. The molecule has 0 spiro atoms. The molecule has 176 valence electrons. The first-order valence-corrected chi connectivity index (χ1v) is 12.7. The molecule has 2 saturated carbocycles. The lowest BCUT2D eigenvalue weighted by Gasteiger charge is -2.56. The minimum atomic E-state index is -1.10. The summed E-state index contributed by atoms with van der Waals surface area (Å²) in [6, 6.07) is 10.5. The molecule has 1 aromatic heterocycles. The van der Waals surface area contributed by atoms with Crippen LogP contribution in [-0.2, 0) is 0 Å². The maximum Gasteiger partial charge on any atom is 0.255 e. The number of fused-ring (bicyclic) bond motifs is 5. The van der Waals surface area contributed by atoms with Crippen LogP contribution in [0.3, 0.4) is 0 Å². The van der Waals surface area contributed by atoms with Crippen LogP contribution in [0.15, 0.2) is 53.0 Å². The Morgan fingerprint density at radius 2 is 2.00 bits per heavy atom. The number of H-pyrrole nitrogens is 1. The van der Waals surface area contributed by atoms with Gasteiger partial charge in [0, 0.05) is 17.5 Å². The summed E-state index contributed by atoms with van der Waals surface area (Å²) in [6.45, 7) is 2.26. The molecule has 5 nitrogen and oxygen atoms in total. The van der Waals surface area contributed by atoms with Crippen molar-refractivity contribution < 1.29 is 10.2 Å². The summed E-state index contributed by atoms with van der Waals surface area (Å²) in [5.41, 5.74) is 1.18.